The van der Waals surface area contributed by atoms with Crippen molar-refractivity contribution in [1.29, 1.82) is 0 Å². The Hall–Kier alpha value is -1.11. The molecule has 0 aliphatic heterocycles. The van der Waals surface area contributed by atoms with Gasteiger partial charge in [0, 0.05) is 0 Å². The quantitative estimate of drug-likeness (QED) is 0.510. The first-order chi connectivity index (χ1) is 9.51. The summed E-state index contributed by atoms with van der Waals surface area (Å²) in [6, 6.07) is 7.89. The highest BCUT2D eigenvalue weighted by Gasteiger charge is 2.03. The first kappa shape index (κ1) is 16.9. The predicted octanol–water partition coefficient (Wildman–Crippen LogP) is 2.01. The highest BCUT2D eigenvalue weighted by Crippen LogP contribution is 2.15. The van der Waals surface area contributed by atoms with Crippen molar-refractivity contribution in [3.05, 3.63) is 29.8 Å². The standard InChI is InChI=1S/C14H23NO4S/c15-9-2-1-6-13-7-5-8-14(12-13)19-10-3-4-11-20(16,17)18/h5,7-8,12H,1-4,6,9-11,15H2,(H,16,17,18). The van der Waals surface area contributed by atoms with Crippen molar-refractivity contribution in [3.63, 3.8) is 0 Å². The molecule has 0 spiro atoms. The monoisotopic (exact) mass is 301 g/mol. The minimum absolute atomic E-state index is 0.213. The lowest BCUT2D eigenvalue weighted by Crippen LogP contribution is -2.06. The molecule has 0 amide bonds. The van der Waals surface area contributed by atoms with Crippen LogP contribution in [0, 0.1) is 0 Å². The number of hydrogen-bond donors (Lipinski definition) is 2. The van der Waals surface area contributed by atoms with Gasteiger partial charge in [-0.05, 0) is 56.3 Å². The lowest BCUT2D eigenvalue weighted by molar-refractivity contribution is 0.308. The van der Waals surface area contributed by atoms with Gasteiger partial charge in [0.1, 0.15) is 5.75 Å². The van der Waals surface area contributed by atoms with E-state index in [9.17, 15) is 8.42 Å². The second kappa shape index (κ2) is 8.94. The fraction of sp³-hybridized carbons (Fsp3) is 0.571. The first-order valence-electron chi connectivity index (χ1n) is 6.88. The number of benzene rings is 1. The van der Waals surface area contributed by atoms with Crippen molar-refractivity contribution in [3.8, 4) is 5.75 Å². The van der Waals surface area contributed by atoms with E-state index in [0.29, 0.717) is 26.0 Å². The molecule has 0 saturated heterocycles. The molecule has 20 heavy (non-hydrogen) atoms. The molecular formula is C14H23NO4S. The van der Waals surface area contributed by atoms with Gasteiger partial charge in [0.25, 0.3) is 10.1 Å². The summed E-state index contributed by atoms with van der Waals surface area (Å²) in [7, 11) is -3.85. The molecule has 0 saturated carbocycles. The van der Waals surface area contributed by atoms with E-state index in [1.165, 1.54) is 5.56 Å². The number of hydrogen-bond acceptors (Lipinski definition) is 4. The third-order valence-corrected chi connectivity index (χ3v) is 3.69. The summed E-state index contributed by atoms with van der Waals surface area (Å²) in [6.45, 7) is 1.16. The van der Waals surface area contributed by atoms with E-state index in [4.69, 9.17) is 15.0 Å². The fourth-order valence-electron chi connectivity index (χ4n) is 1.84. The lowest BCUT2D eigenvalue weighted by atomic mass is 10.1. The van der Waals surface area contributed by atoms with Gasteiger partial charge in [0.2, 0.25) is 0 Å². The van der Waals surface area contributed by atoms with Gasteiger partial charge in [-0.2, -0.15) is 8.42 Å². The normalized spacial score (nSPS) is 11.5. The topological polar surface area (TPSA) is 89.6 Å². The van der Waals surface area contributed by atoms with Gasteiger partial charge in [-0.15, -0.1) is 0 Å². The lowest BCUT2D eigenvalue weighted by Gasteiger charge is -2.08. The first-order valence-corrected chi connectivity index (χ1v) is 8.49. The Morgan fingerprint density at radius 2 is 1.95 bits per heavy atom. The maximum absolute atomic E-state index is 10.5. The molecule has 0 fully saturated rings. The second-order valence-electron chi connectivity index (χ2n) is 4.73. The molecule has 5 nitrogen and oxygen atoms in total. The minimum Gasteiger partial charge on any atom is -0.494 e. The zero-order valence-electron chi connectivity index (χ0n) is 11.6. The molecule has 6 heteroatoms. The van der Waals surface area contributed by atoms with Crippen molar-refractivity contribution in [2.24, 2.45) is 5.73 Å². The summed E-state index contributed by atoms with van der Waals surface area (Å²) in [5, 5.41) is 0. The Morgan fingerprint density at radius 1 is 1.15 bits per heavy atom. The van der Waals surface area contributed by atoms with Gasteiger partial charge >= 0.3 is 0 Å². The van der Waals surface area contributed by atoms with Crippen molar-refractivity contribution < 1.29 is 17.7 Å². The van der Waals surface area contributed by atoms with Crippen LogP contribution in [0.25, 0.3) is 0 Å². The molecule has 0 aliphatic carbocycles. The van der Waals surface area contributed by atoms with Crippen LogP contribution < -0.4 is 10.5 Å². The predicted molar refractivity (Wildman–Crippen MR) is 79.6 cm³/mol. The number of aryl methyl sites for hydroxylation is 1. The smallest absolute Gasteiger partial charge is 0.264 e. The van der Waals surface area contributed by atoms with Crippen LogP contribution in [0.15, 0.2) is 24.3 Å². The molecule has 0 heterocycles. The molecule has 1 aromatic carbocycles. The van der Waals surface area contributed by atoms with Gasteiger partial charge in [-0.25, -0.2) is 0 Å². The van der Waals surface area contributed by atoms with E-state index in [1.807, 2.05) is 18.2 Å². The van der Waals surface area contributed by atoms with E-state index in [1.54, 1.807) is 0 Å². The Morgan fingerprint density at radius 3 is 2.65 bits per heavy atom. The summed E-state index contributed by atoms with van der Waals surface area (Å²) in [4.78, 5) is 0. The van der Waals surface area contributed by atoms with Crippen molar-refractivity contribution in [1.82, 2.24) is 0 Å². The van der Waals surface area contributed by atoms with Crippen LogP contribution in [0.2, 0.25) is 0 Å². The van der Waals surface area contributed by atoms with Crippen LogP contribution in [0.1, 0.15) is 31.2 Å². The van der Waals surface area contributed by atoms with Crippen LogP contribution in [0.4, 0.5) is 0 Å². The maximum atomic E-state index is 10.5. The van der Waals surface area contributed by atoms with E-state index >= 15 is 0 Å². The molecule has 114 valence electrons. The van der Waals surface area contributed by atoms with Crippen LogP contribution in [-0.2, 0) is 16.5 Å². The van der Waals surface area contributed by atoms with Crippen molar-refractivity contribution in [2.45, 2.75) is 32.1 Å². The number of unbranched alkanes of at least 4 members (excludes halogenated alkanes) is 2. The van der Waals surface area contributed by atoms with Gasteiger partial charge in [0.05, 0.1) is 12.4 Å². The molecular weight excluding hydrogens is 278 g/mol. The second-order valence-corrected chi connectivity index (χ2v) is 6.31. The van der Waals surface area contributed by atoms with Crippen LogP contribution in [-0.4, -0.2) is 31.9 Å². The Bertz CT molecular complexity index is 488. The average Bonchev–Trinajstić information content (AvgIpc) is 2.38. The molecule has 0 atom stereocenters. The molecule has 0 bridgehead atoms. The highest BCUT2D eigenvalue weighted by molar-refractivity contribution is 7.85. The summed E-state index contributed by atoms with van der Waals surface area (Å²) in [5.74, 6) is 0.581. The zero-order chi connectivity index (χ0) is 14.8. The van der Waals surface area contributed by atoms with Crippen LogP contribution in [0.5, 0.6) is 5.75 Å². The molecule has 0 radical (unpaired) electrons. The van der Waals surface area contributed by atoms with Gasteiger partial charge in [-0.1, -0.05) is 12.1 Å². The molecule has 0 aromatic heterocycles. The molecule has 0 unspecified atom stereocenters. The van der Waals surface area contributed by atoms with E-state index in [-0.39, 0.29) is 5.75 Å². The molecule has 0 aliphatic rings. The summed E-state index contributed by atoms with van der Waals surface area (Å²) >= 11 is 0. The summed E-state index contributed by atoms with van der Waals surface area (Å²) in [6.07, 6.45) is 4.05. The maximum Gasteiger partial charge on any atom is 0.264 e. The van der Waals surface area contributed by atoms with Gasteiger partial charge in [-0.3, -0.25) is 4.55 Å². The Balaban J connectivity index is 2.28. The number of nitrogens with two attached hydrogens (primary N) is 1. The van der Waals surface area contributed by atoms with Crippen molar-refractivity contribution >= 4 is 10.1 Å². The van der Waals surface area contributed by atoms with Gasteiger partial charge < -0.3 is 10.5 Å². The highest BCUT2D eigenvalue weighted by atomic mass is 32.2. The SMILES string of the molecule is NCCCCc1cccc(OCCCCS(=O)(=O)O)c1. The summed E-state index contributed by atoms with van der Waals surface area (Å²) < 4.78 is 35.2. The van der Waals surface area contributed by atoms with E-state index in [2.05, 4.69) is 6.07 Å². The Kier molecular flexibility index (Phi) is 7.58. The van der Waals surface area contributed by atoms with Crippen LogP contribution >= 0.6 is 0 Å². The summed E-state index contributed by atoms with van der Waals surface area (Å²) in [5.41, 5.74) is 6.68. The number of ether oxygens (including phenoxy) is 1. The largest absolute Gasteiger partial charge is 0.494 e. The average molecular weight is 301 g/mol. The number of rotatable bonds is 10. The van der Waals surface area contributed by atoms with Gasteiger partial charge in [0.15, 0.2) is 0 Å². The fourth-order valence-corrected chi connectivity index (χ4v) is 2.41. The third-order valence-electron chi connectivity index (χ3n) is 2.88. The zero-order valence-corrected chi connectivity index (χ0v) is 12.4. The molecule has 3 N–H and O–H groups in total. The van der Waals surface area contributed by atoms with Crippen LogP contribution in [0.3, 0.4) is 0 Å². The van der Waals surface area contributed by atoms with Crippen molar-refractivity contribution in [2.75, 3.05) is 18.9 Å². The molecule has 1 aromatic rings. The van der Waals surface area contributed by atoms with E-state index < -0.39 is 10.1 Å². The van der Waals surface area contributed by atoms with E-state index in [0.717, 1.165) is 25.0 Å². The minimum atomic E-state index is -3.85. The molecule has 1 rings (SSSR count). The third kappa shape index (κ3) is 8.14. The Labute approximate surface area is 120 Å².